The molecule has 0 spiro atoms. The predicted molar refractivity (Wildman–Crippen MR) is 132 cm³/mol. The number of methoxy groups -OCH3 is 1. The maximum Gasteiger partial charge on any atom is 0.214 e. The van der Waals surface area contributed by atoms with Crippen molar-refractivity contribution in [1.29, 1.82) is 0 Å². The van der Waals surface area contributed by atoms with E-state index in [1.165, 1.54) is 0 Å². The number of nitrogens with one attached hydrogen (secondary N) is 2. The molecular weight excluding hydrogens is 512 g/mol. The van der Waals surface area contributed by atoms with Crippen LogP contribution in [0.1, 0.15) is 11.1 Å². The number of aromatic amines is 1. The van der Waals surface area contributed by atoms with E-state index < -0.39 is 0 Å². The molecule has 2 N–H and O–H groups in total. The Balaban J connectivity index is 1.52. The summed E-state index contributed by atoms with van der Waals surface area (Å²) in [5.41, 5.74) is 6.15. The van der Waals surface area contributed by atoms with Gasteiger partial charge in [0.25, 0.3) is 0 Å². The molecule has 0 aliphatic heterocycles. The van der Waals surface area contributed by atoms with Crippen LogP contribution in [0.25, 0.3) is 11.4 Å². The minimum Gasteiger partial charge on any atom is -0.493 e. The molecule has 1 heterocycles. The van der Waals surface area contributed by atoms with E-state index in [9.17, 15) is 0 Å². The second-order valence-corrected chi connectivity index (χ2v) is 8.53. The van der Waals surface area contributed by atoms with Gasteiger partial charge in [-0.1, -0.05) is 60.1 Å². The van der Waals surface area contributed by atoms with E-state index in [4.69, 9.17) is 33.3 Å². The molecule has 0 aliphatic rings. The number of hydrogen-bond donors (Lipinski definition) is 2. The lowest BCUT2D eigenvalue weighted by Gasteiger charge is -2.16. The summed E-state index contributed by atoms with van der Waals surface area (Å²) >= 11 is 15.2. The molecule has 4 rings (SSSR count). The van der Waals surface area contributed by atoms with Crippen molar-refractivity contribution in [2.24, 2.45) is 0 Å². The van der Waals surface area contributed by atoms with Crippen LogP contribution in [-0.2, 0) is 13.2 Å². The normalized spacial score (nSPS) is 10.7. The number of rotatable bonds is 8. The van der Waals surface area contributed by atoms with E-state index in [0.717, 1.165) is 21.2 Å². The van der Waals surface area contributed by atoms with Crippen LogP contribution in [0.5, 0.6) is 11.5 Å². The van der Waals surface area contributed by atoms with Gasteiger partial charge in [0, 0.05) is 16.1 Å². The Bertz CT molecular complexity index is 1280. The summed E-state index contributed by atoms with van der Waals surface area (Å²) in [4.78, 5) is 0. The lowest BCUT2D eigenvalue weighted by atomic mass is 10.2. The van der Waals surface area contributed by atoms with Crippen LogP contribution in [0, 0.1) is 4.77 Å². The Kier molecular flexibility index (Phi) is 7.14. The zero-order valence-corrected chi connectivity index (χ0v) is 20.3. The quantitative estimate of drug-likeness (QED) is 0.259. The van der Waals surface area contributed by atoms with Crippen LogP contribution in [0.2, 0.25) is 5.02 Å². The number of hydrogen-bond acceptors (Lipinski definition) is 5. The van der Waals surface area contributed by atoms with Crippen LogP contribution in [0.3, 0.4) is 0 Å². The Morgan fingerprint density at radius 2 is 1.88 bits per heavy atom. The third-order valence-corrected chi connectivity index (χ3v) is 6.00. The summed E-state index contributed by atoms with van der Waals surface area (Å²) in [6.45, 7) is 0.824. The number of aromatic nitrogens is 3. The summed E-state index contributed by atoms with van der Waals surface area (Å²) in [5, 5.41) is 7.84. The molecule has 0 saturated heterocycles. The molecule has 32 heavy (non-hydrogen) atoms. The number of ether oxygens (including phenoxy) is 2. The van der Waals surface area contributed by atoms with Crippen molar-refractivity contribution < 1.29 is 9.47 Å². The molecule has 6 nitrogen and oxygen atoms in total. The smallest absolute Gasteiger partial charge is 0.214 e. The maximum absolute atomic E-state index is 6.24. The van der Waals surface area contributed by atoms with Gasteiger partial charge in [0.15, 0.2) is 17.3 Å². The number of halogens is 2. The highest BCUT2D eigenvalue weighted by Crippen LogP contribution is 2.37. The van der Waals surface area contributed by atoms with Crippen molar-refractivity contribution in [3.05, 3.63) is 92.1 Å². The van der Waals surface area contributed by atoms with Gasteiger partial charge in [-0.05, 0) is 51.9 Å². The standard InChI is InChI=1S/C23H20BrClN4O2S/c1-30-20-12-15(11-18(24)21(20)31-14-17-9-5-6-10-19(17)25)13-26-29-22(27-28-23(29)32)16-7-3-2-4-8-16/h2-12,26H,13-14H2,1H3,(H,28,32). The van der Waals surface area contributed by atoms with Gasteiger partial charge in [-0.2, -0.15) is 5.10 Å². The molecular formula is C23H20BrClN4O2S. The van der Waals surface area contributed by atoms with Gasteiger partial charge in [0.2, 0.25) is 4.77 Å². The molecule has 0 bridgehead atoms. The van der Waals surface area contributed by atoms with E-state index >= 15 is 0 Å². The third-order valence-electron chi connectivity index (χ3n) is 4.76. The van der Waals surface area contributed by atoms with Gasteiger partial charge in [-0.15, -0.1) is 0 Å². The first-order chi connectivity index (χ1) is 15.6. The highest BCUT2D eigenvalue weighted by Gasteiger charge is 2.14. The van der Waals surface area contributed by atoms with Gasteiger partial charge in [-0.3, -0.25) is 0 Å². The first-order valence-electron chi connectivity index (χ1n) is 9.76. The van der Waals surface area contributed by atoms with Crippen molar-refractivity contribution >= 4 is 39.7 Å². The zero-order valence-electron chi connectivity index (χ0n) is 17.1. The van der Waals surface area contributed by atoms with Gasteiger partial charge >= 0.3 is 0 Å². The van der Waals surface area contributed by atoms with E-state index in [1.807, 2.05) is 66.7 Å². The van der Waals surface area contributed by atoms with Gasteiger partial charge < -0.3 is 14.9 Å². The molecule has 3 aromatic carbocycles. The largest absolute Gasteiger partial charge is 0.493 e. The highest BCUT2D eigenvalue weighted by atomic mass is 79.9. The van der Waals surface area contributed by atoms with Gasteiger partial charge in [-0.25, -0.2) is 9.77 Å². The fraction of sp³-hybridized carbons (Fsp3) is 0.130. The van der Waals surface area contributed by atoms with Crippen molar-refractivity contribution in [3.63, 3.8) is 0 Å². The van der Waals surface area contributed by atoms with Crippen molar-refractivity contribution in [2.75, 3.05) is 12.5 Å². The molecule has 0 unspecified atom stereocenters. The molecule has 0 saturated carbocycles. The topological polar surface area (TPSA) is 64.1 Å². The van der Waals surface area contributed by atoms with Crippen LogP contribution < -0.4 is 14.9 Å². The Labute approximate surface area is 204 Å². The fourth-order valence-electron chi connectivity index (χ4n) is 3.18. The second kappa shape index (κ2) is 10.2. The van der Waals surface area contributed by atoms with Crippen molar-refractivity contribution in [1.82, 2.24) is 14.9 Å². The lowest BCUT2D eigenvalue weighted by molar-refractivity contribution is 0.282. The molecule has 164 valence electrons. The number of H-pyrrole nitrogens is 1. The van der Waals surface area contributed by atoms with Crippen LogP contribution in [-0.4, -0.2) is 22.0 Å². The molecule has 9 heteroatoms. The van der Waals surface area contributed by atoms with Crippen molar-refractivity contribution in [3.8, 4) is 22.9 Å². The van der Waals surface area contributed by atoms with Crippen LogP contribution in [0.15, 0.2) is 71.2 Å². The first-order valence-corrected chi connectivity index (χ1v) is 11.3. The summed E-state index contributed by atoms with van der Waals surface area (Å²) in [7, 11) is 1.61. The molecule has 0 radical (unpaired) electrons. The SMILES string of the molecule is COc1cc(CNn2c(-c3ccccc3)n[nH]c2=S)cc(Br)c1OCc1ccccc1Cl. The van der Waals surface area contributed by atoms with E-state index in [-0.39, 0.29) is 0 Å². The minimum atomic E-state index is 0.330. The average molecular weight is 532 g/mol. The molecule has 4 aromatic rings. The molecule has 1 aromatic heterocycles. The lowest BCUT2D eigenvalue weighted by Crippen LogP contribution is -2.16. The summed E-state index contributed by atoms with van der Waals surface area (Å²) in [5.74, 6) is 1.93. The molecule has 0 atom stereocenters. The third kappa shape index (κ3) is 4.98. The monoisotopic (exact) mass is 530 g/mol. The molecule has 0 fully saturated rings. The highest BCUT2D eigenvalue weighted by molar-refractivity contribution is 9.10. The van der Waals surface area contributed by atoms with Crippen LogP contribution >= 0.6 is 39.7 Å². The first kappa shape index (κ1) is 22.4. The molecule has 0 aliphatic carbocycles. The minimum absolute atomic E-state index is 0.330. The summed E-state index contributed by atoms with van der Waals surface area (Å²) in [6.07, 6.45) is 0. The van der Waals surface area contributed by atoms with Gasteiger partial charge in [0.1, 0.15) is 6.61 Å². The number of benzene rings is 3. The fourth-order valence-corrected chi connectivity index (χ4v) is 4.17. The maximum atomic E-state index is 6.24. The Morgan fingerprint density at radius 1 is 1.12 bits per heavy atom. The van der Waals surface area contributed by atoms with Crippen molar-refractivity contribution in [2.45, 2.75) is 13.2 Å². The van der Waals surface area contributed by atoms with E-state index in [0.29, 0.717) is 40.3 Å². The Hall–Kier alpha value is -2.81. The Morgan fingerprint density at radius 3 is 2.62 bits per heavy atom. The zero-order chi connectivity index (χ0) is 22.5. The van der Waals surface area contributed by atoms with E-state index in [2.05, 4.69) is 31.6 Å². The summed E-state index contributed by atoms with van der Waals surface area (Å²) < 4.78 is 14.6. The molecule has 0 amide bonds. The van der Waals surface area contributed by atoms with E-state index in [1.54, 1.807) is 11.8 Å². The van der Waals surface area contributed by atoms with Crippen LogP contribution in [0.4, 0.5) is 0 Å². The average Bonchev–Trinajstić information content (AvgIpc) is 3.18. The number of nitrogens with zero attached hydrogens (tertiary/aromatic N) is 2. The predicted octanol–water partition coefficient (Wildman–Crippen LogP) is 6.35. The van der Waals surface area contributed by atoms with Gasteiger partial charge in [0.05, 0.1) is 18.1 Å². The summed E-state index contributed by atoms with van der Waals surface area (Å²) in [6, 6.07) is 21.3. The second-order valence-electron chi connectivity index (χ2n) is 6.88.